The van der Waals surface area contributed by atoms with E-state index in [9.17, 15) is 0 Å². The van der Waals surface area contributed by atoms with Gasteiger partial charge in [-0.1, -0.05) is 27.7 Å². The Labute approximate surface area is 102 Å². The Bertz CT molecular complexity index is 187. The summed E-state index contributed by atoms with van der Waals surface area (Å²) in [6.07, 6.45) is 2.75. The van der Waals surface area contributed by atoms with Crippen LogP contribution in [0, 0.1) is 11.3 Å². The van der Waals surface area contributed by atoms with Gasteiger partial charge in [0.2, 0.25) is 0 Å². The third-order valence-corrected chi connectivity index (χ3v) is 4.07. The van der Waals surface area contributed by atoms with Gasteiger partial charge in [0.1, 0.15) is 0 Å². The molecule has 1 fully saturated rings. The predicted molar refractivity (Wildman–Crippen MR) is 71.8 cm³/mol. The standard InChI is InChI=1S/C14H30N2/c1-6-15-11-12(2)16-9-7-13(8-10-16)14(3,4)5/h12-13,15H,6-11H2,1-5H3. The van der Waals surface area contributed by atoms with Gasteiger partial charge in [0.15, 0.2) is 0 Å². The summed E-state index contributed by atoms with van der Waals surface area (Å²) in [6, 6.07) is 0.695. The smallest absolute Gasteiger partial charge is 0.0192 e. The minimum Gasteiger partial charge on any atom is -0.315 e. The van der Waals surface area contributed by atoms with Crippen molar-refractivity contribution in [1.82, 2.24) is 10.2 Å². The average molecular weight is 226 g/mol. The summed E-state index contributed by atoms with van der Waals surface area (Å²) in [7, 11) is 0. The summed E-state index contributed by atoms with van der Waals surface area (Å²) in [6.45, 7) is 16.5. The van der Waals surface area contributed by atoms with Crippen molar-refractivity contribution in [3.05, 3.63) is 0 Å². The van der Waals surface area contributed by atoms with E-state index in [0.29, 0.717) is 11.5 Å². The lowest BCUT2D eigenvalue weighted by molar-refractivity contribution is 0.0876. The molecule has 0 bridgehead atoms. The van der Waals surface area contributed by atoms with Gasteiger partial charge in [0.05, 0.1) is 0 Å². The van der Waals surface area contributed by atoms with Crippen LogP contribution in [-0.4, -0.2) is 37.1 Å². The number of likely N-dealkylation sites (N-methyl/N-ethyl adjacent to an activating group) is 1. The number of piperidine rings is 1. The van der Waals surface area contributed by atoms with Crippen LogP contribution in [0.5, 0.6) is 0 Å². The minimum absolute atomic E-state index is 0.497. The Hall–Kier alpha value is -0.0800. The average Bonchev–Trinajstić information content (AvgIpc) is 2.25. The molecule has 0 aromatic heterocycles. The quantitative estimate of drug-likeness (QED) is 0.793. The summed E-state index contributed by atoms with van der Waals surface area (Å²) in [4.78, 5) is 2.64. The van der Waals surface area contributed by atoms with Crippen LogP contribution in [0.1, 0.15) is 47.5 Å². The van der Waals surface area contributed by atoms with Crippen molar-refractivity contribution >= 4 is 0 Å². The maximum absolute atomic E-state index is 3.45. The molecule has 2 heteroatoms. The molecule has 0 aromatic rings. The molecule has 1 N–H and O–H groups in total. The Morgan fingerprint density at radius 1 is 1.25 bits per heavy atom. The van der Waals surface area contributed by atoms with Gasteiger partial charge in [-0.15, -0.1) is 0 Å². The molecule has 0 saturated carbocycles. The van der Waals surface area contributed by atoms with Gasteiger partial charge < -0.3 is 5.32 Å². The van der Waals surface area contributed by atoms with Crippen molar-refractivity contribution in [3.8, 4) is 0 Å². The normalized spacial score (nSPS) is 22.3. The first-order valence-electron chi connectivity index (χ1n) is 6.90. The fraction of sp³-hybridized carbons (Fsp3) is 1.00. The van der Waals surface area contributed by atoms with E-state index in [1.165, 1.54) is 25.9 Å². The van der Waals surface area contributed by atoms with Crippen LogP contribution in [0.4, 0.5) is 0 Å². The molecule has 1 aliphatic rings. The van der Waals surface area contributed by atoms with Crippen LogP contribution in [0.2, 0.25) is 0 Å². The van der Waals surface area contributed by atoms with E-state index in [-0.39, 0.29) is 0 Å². The highest BCUT2D eigenvalue weighted by molar-refractivity contribution is 4.83. The monoisotopic (exact) mass is 226 g/mol. The van der Waals surface area contributed by atoms with Crippen LogP contribution < -0.4 is 5.32 Å². The number of hydrogen-bond acceptors (Lipinski definition) is 2. The topological polar surface area (TPSA) is 15.3 Å². The zero-order valence-electron chi connectivity index (χ0n) is 11.8. The van der Waals surface area contributed by atoms with Crippen LogP contribution in [0.15, 0.2) is 0 Å². The number of likely N-dealkylation sites (tertiary alicyclic amines) is 1. The zero-order valence-corrected chi connectivity index (χ0v) is 11.8. The molecule has 1 heterocycles. The zero-order chi connectivity index (χ0) is 12.2. The largest absolute Gasteiger partial charge is 0.315 e. The van der Waals surface area contributed by atoms with E-state index in [4.69, 9.17) is 0 Å². The van der Waals surface area contributed by atoms with Gasteiger partial charge in [0, 0.05) is 12.6 Å². The highest BCUT2D eigenvalue weighted by atomic mass is 15.2. The van der Waals surface area contributed by atoms with Crippen molar-refractivity contribution < 1.29 is 0 Å². The summed E-state index contributed by atoms with van der Waals surface area (Å²) in [5.41, 5.74) is 0.497. The van der Waals surface area contributed by atoms with Crippen molar-refractivity contribution in [2.24, 2.45) is 11.3 Å². The van der Waals surface area contributed by atoms with Gasteiger partial charge in [-0.2, -0.15) is 0 Å². The summed E-state index contributed by atoms with van der Waals surface area (Å²) < 4.78 is 0. The van der Waals surface area contributed by atoms with Gasteiger partial charge in [0.25, 0.3) is 0 Å². The summed E-state index contributed by atoms with van der Waals surface area (Å²) in [5.74, 6) is 0.912. The molecular formula is C14H30N2. The Morgan fingerprint density at radius 3 is 2.25 bits per heavy atom. The fourth-order valence-corrected chi connectivity index (χ4v) is 2.69. The fourth-order valence-electron chi connectivity index (χ4n) is 2.69. The third kappa shape index (κ3) is 4.06. The molecule has 16 heavy (non-hydrogen) atoms. The van der Waals surface area contributed by atoms with E-state index in [1.807, 2.05) is 0 Å². The van der Waals surface area contributed by atoms with Crippen LogP contribution >= 0.6 is 0 Å². The molecule has 0 amide bonds. The van der Waals surface area contributed by atoms with Crippen molar-refractivity contribution in [2.75, 3.05) is 26.2 Å². The number of rotatable bonds is 4. The molecule has 0 aliphatic carbocycles. The van der Waals surface area contributed by atoms with E-state index in [0.717, 1.165) is 19.0 Å². The van der Waals surface area contributed by atoms with E-state index in [1.54, 1.807) is 0 Å². The second-order valence-electron chi connectivity index (χ2n) is 6.33. The maximum Gasteiger partial charge on any atom is 0.0192 e. The van der Waals surface area contributed by atoms with Crippen molar-refractivity contribution in [3.63, 3.8) is 0 Å². The SMILES string of the molecule is CCNCC(C)N1CCC(C(C)(C)C)CC1. The van der Waals surface area contributed by atoms with Crippen molar-refractivity contribution in [2.45, 2.75) is 53.5 Å². The number of nitrogens with zero attached hydrogens (tertiary/aromatic N) is 1. The van der Waals surface area contributed by atoms with Crippen LogP contribution in [-0.2, 0) is 0 Å². The molecule has 0 spiro atoms. The van der Waals surface area contributed by atoms with Gasteiger partial charge in [-0.05, 0) is 50.7 Å². The second kappa shape index (κ2) is 6.02. The van der Waals surface area contributed by atoms with Gasteiger partial charge >= 0.3 is 0 Å². The molecule has 1 saturated heterocycles. The molecule has 1 unspecified atom stereocenters. The van der Waals surface area contributed by atoms with Gasteiger partial charge in [-0.25, -0.2) is 0 Å². The molecular weight excluding hydrogens is 196 g/mol. The molecule has 1 rings (SSSR count). The van der Waals surface area contributed by atoms with E-state index >= 15 is 0 Å². The van der Waals surface area contributed by atoms with Gasteiger partial charge in [-0.3, -0.25) is 4.90 Å². The lowest BCUT2D eigenvalue weighted by atomic mass is 9.75. The lowest BCUT2D eigenvalue weighted by Gasteiger charge is -2.41. The third-order valence-electron chi connectivity index (χ3n) is 4.07. The van der Waals surface area contributed by atoms with E-state index in [2.05, 4.69) is 44.8 Å². The Balaban J connectivity index is 2.31. The summed E-state index contributed by atoms with van der Waals surface area (Å²) in [5, 5.41) is 3.45. The Morgan fingerprint density at radius 2 is 1.81 bits per heavy atom. The number of nitrogens with one attached hydrogen (secondary N) is 1. The van der Waals surface area contributed by atoms with Crippen LogP contribution in [0.3, 0.4) is 0 Å². The predicted octanol–water partition coefficient (Wildman–Crippen LogP) is 2.74. The highest BCUT2D eigenvalue weighted by Crippen LogP contribution is 2.34. The van der Waals surface area contributed by atoms with Crippen molar-refractivity contribution in [1.29, 1.82) is 0 Å². The molecule has 0 radical (unpaired) electrons. The molecule has 1 aliphatic heterocycles. The first-order chi connectivity index (χ1) is 7.45. The maximum atomic E-state index is 3.45. The minimum atomic E-state index is 0.497. The van der Waals surface area contributed by atoms with Crippen LogP contribution in [0.25, 0.3) is 0 Å². The first kappa shape index (κ1) is 14.0. The Kier molecular flexibility index (Phi) is 5.26. The number of hydrogen-bond donors (Lipinski definition) is 1. The molecule has 0 aromatic carbocycles. The lowest BCUT2D eigenvalue weighted by Crippen LogP contribution is -2.46. The second-order valence-corrected chi connectivity index (χ2v) is 6.33. The van der Waals surface area contributed by atoms with E-state index < -0.39 is 0 Å². The summed E-state index contributed by atoms with van der Waals surface area (Å²) >= 11 is 0. The molecule has 96 valence electrons. The highest BCUT2D eigenvalue weighted by Gasteiger charge is 2.29. The molecule has 2 nitrogen and oxygen atoms in total. The molecule has 1 atom stereocenters. The first-order valence-corrected chi connectivity index (χ1v) is 6.90.